The van der Waals surface area contributed by atoms with E-state index in [2.05, 4.69) is 20.4 Å². The lowest BCUT2D eigenvalue weighted by Crippen LogP contribution is -2.38. The third-order valence-corrected chi connectivity index (χ3v) is 2.19. The Balaban J connectivity index is 2.39. The van der Waals surface area contributed by atoms with Crippen LogP contribution >= 0.6 is 0 Å². The summed E-state index contributed by atoms with van der Waals surface area (Å²) in [5.74, 6) is -1.60. The van der Waals surface area contributed by atoms with Crippen LogP contribution in [0.3, 0.4) is 0 Å². The van der Waals surface area contributed by atoms with Crippen molar-refractivity contribution >= 4 is 18.0 Å². The van der Waals surface area contributed by atoms with Crippen molar-refractivity contribution in [1.29, 1.82) is 0 Å². The van der Waals surface area contributed by atoms with E-state index < -0.39 is 18.0 Å². The van der Waals surface area contributed by atoms with E-state index in [-0.39, 0.29) is 25.3 Å². The molecule has 0 aliphatic rings. The van der Waals surface area contributed by atoms with Gasteiger partial charge in [0.15, 0.2) is 0 Å². The number of hydrogen-bond acceptors (Lipinski definition) is 5. The highest BCUT2D eigenvalue weighted by atomic mass is 16.5. The zero-order chi connectivity index (χ0) is 15.0. The van der Waals surface area contributed by atoms with Crippen molar-refractivity contribution in [3.8, 4) is 0 Å². The van der Waals surface area contributed by atoms with Crippen LogP contribution in [0.15, 0.2) is 18.3 Å². The SMILES string of the molecule is CCOC(=O)CNC(=O)NCc1cc(C(=O)O)ccn1. The van der Waals surface area contributed by atoms with Crippen molar-refractivity contribution in [2.45, 2.75) is 13.5 Å². The number of amides is 2. The van der Waals surface area contributed by atoms with Gasteiger partial charge in [0, 0.05) is 6.20 Å². The fraction of sp³-hybridized carbons (Fsp3) is 0.333. The Morgan fingerprint density at radius 2 is 2.10 bits per heavy atom. The number of carbonyl (C=O) groups excluding carboxylic acids is 2. The summed E-state index contributed by atoms with van der Waals surface area (Å²) in [4.78, 5) is 37.0. The molecule has 0 aliphatic carbocycles. The minimum Gasteiger partial charge on any atom is -0.478 e. The smallest absolute Gasteiger partial charge is 0.335 e. The summed E-state index contributed by atoms with van der Waals surface area (Å²) >= 11 is 0. The Kier molecular flexibility index (Phi) is 5.95. The quantitative estimate of drug-likeness (QED) is 0.638. The molecule has 0 bridgehead atoms. The molecule has 0 aliphatic heterocycles. The highest BCUT2D eigenvalue weighted by molar-refractivity contribution is 5.87. The number of aromatic nitrogens is 1. The summed E-state index contributed by atoms with van der Waals surface area (Å²) in [6.07, 6.45) is 1.34. The molecule has 8 nitrogen and oxygen atoms in total. The van der Waals surface area contributed by atoms with Crippen LogP contribution in [0.1, 0.15) is 23.0 Å². The zero-order valence-electron chi connectivity index (χ0n) is 10.9. The molecular weight excluding hydrogens is 266 g/mol. The van der Waals surface area contributed by atoms with Crippen molar-refractivity contribution in [2.75, 3.05) is 13.2 Å². The maximum absolute atomic E-state index is 11.4. The summed E-state index contributed by atoms with van der Waals surface area (Å²) < 4.78 is 4.64. The average Bonchev–Trinajstić information content (AvgIpc) is 2.43. The van der Waals surface area contributed by atoms with E-state index in [0.717, 1.165) is 0 Å². The van der Waals surface area contributed by atoms with Crippen LogP contribution < -0.4 is 10.6 Å². The fourth-order valence-corrected chi connectivity index (χ4v) is 1.31. The molecule has 0 saturated heterocycles. The number of nitrogens with one attached hydrogen (secondary N) is 2. The molecule has 3 N–H and O–H groups in total. The van der Waals surface area contributed by atoms with Gasteiger partial charge in [0.25, 0.3) is 0 Å². The van der Waals surface area contributed by atoms with Crippen molar-refractivity contribution in [2.24, 2.45) is 0 Å². The molecule has 1 heterocycles. The molecule has 2 amide bonds. The van der Waals surface area contributed by atoms with Crippen LogP contribution in [-0.2, 0) is 16.1 Å². The second-order valence-electron chi connectivity index (χ2n) is 3.68. The van der Waals surface area contributed by atoms with Crippen LogP contribution in [0, 0.1) is 0 Å². The van der Waals surface area contributed by atoms with Crippen LogP contribution in [-0.4, -0.2) is 41.2 Å². The van der Waals surface area contributed by atoms with Crippen molar-refractivity contribution in [3.05, 3.63) is 29.6 Å². The maximum atomic E-state index is 11.4. The molecule has 0 radical (unpaired) electrons. The number of rotatable bonds is 6. The normalized spacial score (nSPS) is 9.65. The standard InChI is InChI=1S/C12H15N3O5/c1-2-20-10(16)7-15-12(19)14-6-9-5-8(11(17)18)3-4-13-9/h3-5H,2,6-7H2,1H3,(H,17,18)(H2,14,15,19). The summed E-state index contributed by atoms with van der Waals surface area (Å²) in [5.41, 5.74) is 0.486. The van der Waals surface area contributed by atoms with Gasteiger partial charge in [-0.25, -0.2) is 9.59 Å². The van der Waals surface area contributed by atoms with Crippen molar-refractivity contribution in [3.63, 3.8) is 0 Å². The lowest BCUT2D eigenvalue weighted by molar-refractivity contribution is -0.141. The first-order valence-corrected chi connectivity index (χ1v) is 5.88. The van der Waals surface area contributed by atoms with Gasteiger partial charge in [0.2, 0.25) is 0 Å². The lowest BCUT2D eigenvalue weighted by atomic mass is 10.2. The van der Waals surface area contributed by atoms with Gasteiger partial charge in [-0.3, -0.25) is 9.78 Å². The van der Waals surface area contributed by atoms with Crippen LogP contribution in [0.5, 0.6) is 0 Å². The van der Waals surface area contributed by atoms with E-state index in [1.165, 1.54) is 18.3 Å². The molecule has 0 unspecified atom stereocenters. The Morgan fingerprint density at radius 1 is 1.35 bits per heavy atom. The summed E-state index contributed by atoms with van der Waals surface area (Å²) in [7, 11) is 0. The summed E-state index contributed by atoms with van der Waals surface area (Å²) in [5, 5.41) is 13.6. The third-order valence-electron chi connectivity index (χ3n) is 2.19. The molecule has 8 heteroatoms. The van der Waals surface area contributed by atoms with Gasteiger partial charge in [0.1, 0.15) is 6.54 Å². The number of carboxylic acid groups (broad SMARTS) is 1. The molecule has 1 aromatic rings. The van der Waals surface area contributed by atoms with E-state index in [4.69, 9.17) is 5.11 Å². The Hall–Kier alpha value is -2.64. The summed E-state index contributed by atoms with van der Waals surface area (Å²) in [6, 6.07) is 2.14. The number of carbonyl (C=O) groups is 3. The highest BCUT2D eigenvalue weighted by Gasteiger charge is 2.07. The molecule has 0 fully saturated rings. The molecule has 1 aromatic heterocycles. The second kappa shape index (κ2) is 7.72. The van der Waals surface area contributed by atoms with Gasteiger partial charge in [-0.15, -0.1) is 0 Å². The topological polar surface area (TPSA) is 118 Å². The van der Waals surface area contributed by atoms with Gasteiger partial charge in [-0.2, -0.15) is 0 Å². The number of aromatic carboxylic acids is 1. The van der Waals surface area contributed by atoms with E-state index in [1.54, 1.807) is 6.92 Å². The second-order valence-corrected chi connectivity index (χ2v) is 3.68. The first-order chi connectivity index (χ1) is 9.52. The molecule has 1 rings (SSSR count). The fourth-order valence-electron chi connectivity index (χ4n) is 1.31. The van der Waals surface area contributed by atoms with Crippen molar-refractivity contribution in [1.82, 2.24) is 15.6 Å². The number of carboxylic acids is 1. The molecule has 0 saturated carbocycles. The molecular formula is C12H15N3O5. The van der Waals surface area contributed by atoms with Crippen LogP contribution in [0.4, 0.5) is 4.79 Å². The van der Waals surface area contributed by atoms with Gasteiger partial charge in [0.05, 0.1) is 24.4 Å². The minimum atomic E-state index is -1.07. The number of pyridine rings is 1. The average molecular weight is 281 g/mol. The van der Waals surface area contributed by atoms with E-state index >= 15 is 0 Å². The largest absolute Gasteiger partial charge is 0.478 e. The molecule has 0 atom stereocenters. The van der Waals surface area contributed by atoms with Gasteiger partial charge < -0.3 is 20.5 Å². The van der Waals surface area contributed by atoms with E-state index in [9.17, 15) is 14.4 Å². The predicted molar refractivity (Wildman–Crippen MR) is 68.1 cm³/mol. The van der Waals surface area contributed by atoms with Gasteiger partial charge >= 0.3 is 18.0 Å². The predicted octanol–water partition coefficient (Wildman–Crippen LogP) is 0.142. The Labute approximate surface area is 115 Å². The maximum Gasteiger partial charge on any atom is 0.335 e. The van der Waals surface area contributed by atoms with Crippen molar-refractivity contribution < 1.29 is 24.2 Å². The molecule has 0 aromatic carbocycles. The van der Waals surface area contributed by atoms with Gasteiger partial charge in [-0.1, -0.05) is 0 Å². The third kappa shape index (κ3) is 5.34. The molecule has 108 valence electrons. The number of nitrogens with zero attached hydrogens (tertiary/aromatic N) is 1. The first-order valence-electron chi connectivity index (χ1n) is 5.88. The minimum absolute atomic E-state index is 0.0514. The lowest BCUT2D eigenvalue weighted by Gasteiger charge is -2.07. The summed E-state index contributed by atoms with van der Waals surface area (Å²) in [6.45, 7) is 1.73. The molecule has 20 heavy (non-hydrogen) atoms. The molecule has 0 spiro atoms. The highest BCUT2D eigenvalue weighted by Crippen LogP contribution is 2.01. The number of urea groups is 1. The zero-order valence-corrected chi connectivity index (χ0v) is 10.9. The first kappa shape index (κ1) is 15.4. The van der Waals surface area contributed by atoms with E-state index in [0.29, 0.717) is 5.69 Å². The van der Waals surface area contributed by atoms with Crippen LogP contribution in [0.2, 0.25) is 0 Å². The Bertz CT molecular complexity index is 504. The number of ether oxygens (including phenoxy) is 1. The number of esters is 1. The monoisotopic (exact) mass is 281 g/mol. The van der Waals surface area contributed by atoms with Crippen LogP contribution in [0.25, 0.3) is 0 Å². The Morgan fingerprint density at radius 3 is 2.75 bits per heavy atom. The van der Waals surface area contributed by atoms with Gasteiger partial charge in [-0.05, 0) is 19.1 Å². The van der Waals surface area contributed by atoms with E-state index in [1.807, 2.05) is 0 Å². The number of hydrogen-bond donors (Lipinski definition) is 3.